The maximum Gasteiger partial charge on any atom is 0.248 e. The Morgan fingerprint density at radius 1 is 1.14 bits per heavy atom. The number of pyridine rings is 1. The number of alkyl halides is 2. The SMILES string of the molecule is CN=CC1(NC(=O)C2CCC(F)(F)CC2c2nc(-c3cncc(Cl)c3)sc2-c2ccc(N3CCS(=O)(=O)CC3)cc2)CC1. The molecule has 2 atom stereocenters. The van der Waals surface area contributed by atoms with Crippen molar-refractivity contribution in [2.75, 3.05) is 36.5 Å². The zero-order valence-corrected chi connectivity index (χ0v) is 26.0. The Balaban J connectivity index is 1.38. The number of carbonyl (C=O) groups excluding carboxylic acids is 1. The molecule has 1 aliphatic heterocycles. The molecular weight excluding hydrogens is 616 g/mol. The van der Waals surface area contributed by atoms with Gasteiger partial charge in [0.25, 0.3) is 0 Å². The molecule has 0 bridgehead atoms. The Labute approximate surface area is 258 Å². The van der Waals surface area contributed by atoms with Crippen LogP contribution >= 0.6 is 22.9 Å². The molecule has 2 unspecified atom stereocenters. The second kappa shape index (κ2) is 11.5. The number of anilines is 1. The van der Waals surface area contributed by atoms with Crippen molar-refractivity contribution in [1.82, 2.24) is 15.3 Å². The van der Waals surface area contributed by atoms with Crippen LogP contribution in [0.25, 0.3) is 21.0 Å². The molecule has 1 saturated heterocycles. The summed E-state index contributed by atoms with van der Waals surface area (Å²) in [4.78, 5) is 29.5. The van der Waals surface area contributed by atoms with Gasteiger partial charge in [-0.2, -0.15) is 0 Å². The van der Waals surface area contributed by atoms with E-state index in [0.717, 1.165) is 24.1 Å². The van der Waals surface area contributed by atoms with Gasteiger partial charge in [-0.15, -0.1) is 11.3 Å². The fourth-order valence-electron chi connectivity index (χ4n) is 5.98. The number of hydrogen-bond donors (Lipinski definition) is 1. The van der Waals surface area contributed by atoms with Crippen LogP contribution in [0.3, 0.4) is 0 Å². The van der Waals surface area contributed by atoms with Crippen LogP contribution in [-0.2, 0) is 14.6 Å². The van der Waals surface area contributed by atoms with Crippen molar-refractivity contribution in [1.29, 1.82) is 0 Å². The maximum absolute atomic E-state index is 15.0. The van der Waals surface area contributed by atoms with Gasteiger partial charge in [-0.1, -0.05) is 23.7 Å². The van der Waals surface area contributed by atoms with Crippen molar-refractivity contribution in [3.8, 4) is 21.0 Å². The lowest BCUT2D eigenvalue weighted by atomic mass is 9.74. The molecule has 3 fully saturated rings. The fourth-order valence-corrected chi connectivity index (χ4v) is 8.48. The fraction of sp³-hybridized carbons (Fsp3) is 0.467. The van der Waals surface area contributed by atoms with Gasteiger partial charge in [-0.3, -0.25) is 14.8 Å². The first kappa shape index (κ1) is 30.1. The maximum atomic E-state index is 15.0. The first-order valence-electron chi connectivity index (χ1n) is 14.3. The van der Waals surface area contributed by atoms with Gasteiger partial charge in [-0.05, 0) is 43.0 Å². The van der Waals surface area contributed by atoms with Gasteiger partial charge in [0, 0.05) is 74.7 Å². The van der Waals surface area contributed by atoms with E-state index in [4.69, 9.17) is 16.6 Å². The number of nitrogens with one attached hydrogen (secondary N) is 1. The number of rotatable bonds is 7. The molecule has 0 spiro atoms. The number of amides is 1. The minimum Gasteiger partial charge on any atom is -0.369 e. The highest BCUT2D eigenvalue weighted by molar-refractivity contribution is 7.91. The summed E-state index contributed by atoms with van der Waals surface area (Å²) in [6.07, 6.45) is 5.62. The summed E-state index contributed by atoms with van der Waals surface area (Å²) in [5, 5.41) is 4.09. The van der Waals surface area contributed by atoms with E-state index >= 15 is 8.78 Å². The van der Waals surface area contributed by atoms with Crippen molar-refractivity contribution in [2.45, 2.75) is 49.5 Å². The lowest BCUT2D eigenvalue weighted by Gasteiger charge is -2.35. The number of benzene rings is 1. The van der Waals surface area contributed by atoms with Crippen LogP contribution in [0.2, 0.25) is 5.02 Å². The van der Waals surface area contributed by atoms with E-state index in [1.165, 1.54) is 17.5 Å². The van der Waals surface area contributed by atoms with Crippen LogP contribution in [0.1, 0.15) is 43.7 Å². The summed E-state index contributed by atoms with van der Waals surface area (Å²) in [5.41, 5.74) is 2.30. The standard InChI is InChI=1S/C30H32ClF2N5O3S2/c1-34-18-29(8-9-29)37-27(39)23-6-7-30(32,33)15-24(23)25-26(42-28(36-25)20-14-21(31)17-35-16-20)19-2-4-22(5-3-19)38-10-12-43(40,41)13-11-38/h2-5,14,16-18,23-24H,6-13,15H2,1H3,(H,37,39). The molecule has 1 aromatic carbocycles. The number of sulfone groups is 1. The van der Waals surface area contributed by atoms with Gasteiger partial charge < -0.3 is 10.2 Å². The van der Waals surface area contributed by atoms with Crippen molar-refractivity contribution < 1.29 is 22.0 Å². The molecule has 0 radical (unpaired) electrons. The van der Waals surface area contributed by atoms with Crippen LogP contribution in [0, 0.1) is 5.92 Å². The lowest BCUT2D eigenvalue weighted by molar-refractivity contribution is -0.131. The van der Waals surface area contributed by atoms with E-state index in [1.807, 2.05) is 29.2 Å². The highest BCUT2D eigenvalue weighted by Crippen LogP contribution is 2.50. The molecule has 1 N–H and O–H groups in total. The Kier molecular flexibility index (Phi) is 8.06. The third-order valence-electron chi connectivity index (χ3n) is 8.49. The average Bonchev–Trinajstić information content (AvgIpc) is 3.56. The molecule has 8 nitrogen and oxygen atoms in total. The monoisotopic (exact) mass is 647 g/mol. The van der Waals surface area contributed by atoms with Gasteiger partial charge in [0.15, 0.2) is 9.84 Å². The Bertz CT molecular complexity index is 1640. The molecule has 43 heavy (non-hydrogen) atoms. The molecule has 1 amide bonds. The van der Waals surface area contributed by atoms with E-state index in [1.54, 1.807) is 25.5 Å². The highest BCUT2D eigenvalue weighted by Gasteiger charge is 2.49. The van der Waals surface area contributed by atoms with Gasteiger partial charge >= 0.3 is 0 Å². The number of carbonyl (C=O) groups is 1. The number of aliphatic imine (C=N–C) groups is 1. The van der Waals surface area contributed by atoms with Crippen LogP contribution in [-0.4, -0.2) is 73.6 Å². The van der Waals surface area contributed by atoms with E-state index in [2.05, 4.69) is 15.3 Å². The van der Waals surface area contributed by atoms with E-state index < -0.39 is 39.6 Å². The van der Waals surface area contributed by atoms with Crippen LogP contribution in [0.5, 0.6) is 0 Å². The second-order valence-electron chi connectivity index (χ2n) is 11.7. The summed E-state index contributed by atoms with van der Waals surface area (Å²) in [7, 11) is -1.36. The van der Waals surface area contributed by atoms with Crippen molar-refractivity contribution in [3.63, 3.8) is 0 Å². The van der Waals surface area contributed by atoms with Crippen LogP contribution in [0.4, 0.5) is 14.5 Å². The normalized spacial score (nSPS) is 24.1. The van der Waals surface area contributed by atoms with Gasteiger partial charge in [-0.25, -0.2) is 22.2 Å². The molecule has 3 heterocycles. The van der Waals surface area contributed by atoms with Gasteiger partial charge in [0.1, 0.15) is 5.01 Å². The molecule has 3 aromatic rings. The third kappa shape index (κ3) is 6.61. The molecule has 6 rings (SSSR count). The summed E-state index contributed by atoms with van der Waals surface area (Å²) in [6.45, 7) is 0.829. The van der Waals surface area contributed by atoms with Crippen molar-refractivity contribution in [2.24, 2.45) is 10.9 Å². The van der Waals surface area contributed by atoms with Crippen LogP contribution < -0.4 is 10.2 Å². The summed E-state index contributed by atoms with van der Waals surface area (Å²) >= 11 is 7.58. The smallest absolute Gasteiger partial charge is 0.248 e. The predicted octanol–water partition coefficient (Wildman–Crippen LogP) is 5.63. The zero-order valence-electron chi connectivity index (χ0n) is 23.6. The summed E-state index contributed by atoms with van der Waals surface area (Å²) in [6, 6.07) is 9.37. The van der Waals surface area contributed by atoms with Crippen LogP contribution in [0.15, 0.2) is 47.7 Å². The quantitative estimate of drug-likeness (QED) is 0.334. The second-order valence-corrected chi connectivity index (χ2v) is 15.4. The number of halogens is 3. The Morgan fingerprint density at radius 3 is 2.51 bits per heavy atom. The topological polar surface area (TPSA) is 105 Å². The number of nitrogens with zero attached hydrogens (tertiary/aromatic N) is 4. The minimum atomic E-state index is -3.02. The molecule has 228 valence electrons. The number of thiazole rings is 1. The number of hydrogen-bond acceptors (Lipinski definition) is 8. The largest absolute Gasteiger partial charge is 0.369 e. The first-order valence-corrected chi connectivity index (χ1v) is 17.3. The first-order chi connectivity index (χ1) is 20.5. The Hall–Kier alpha value is -2.96. The predicted molar refractivity (Wildman–Crippen MR) is 166 cm³/mol. The molecule has 3 aliphatic rings. The van der Waals surface area contributed by atoms with E-state index in [9.17, 15) is 13.2 Å². The van der Waals surface area contributed by atoms with E-state index in [-0.39, 0.29) is 30.3 Å². The van der Waals surface area contributed by atoms with E-state index in [0.29, 0.717) is 39.3 Å². The van der Waals surface area contributed by atoms with Gasteiger partial charge in [0.05, 0.1) is 32.6 Å². The Morgan fingerprint density at radius 2 is 1.86 bits per heavy atom. The zero-order chi connectivity index (χ0) is 30.4. The third-order valence-corrected chi connectivity index (χ3v) is 11.5. The molecule has 13 heteroatoms. The summed E-state index contributed by atoms with van der Waals surface area (Å²) < 4.78 is 53.8. The van der Waals surface area contributed by atoms with Gasteiger partial charge in [0.2, 0.25) is 11.8 Å². The average molecular weight is 648 g/mol. The van der Waals surface area contributed by atoms with Crippen molar-refractivity contribution in [3.05, 3.63) is 53.4 Å². The molecule has 2 aliphatic carbocycles. The molecular formula is C30H32ClF2N5O3S2. The number of aromatic nitrogens is 2. The lowest BCUT2D eigenvalue weighted by Crippen LogP contribution is -2.46. The van der Waals surface area contributed by atoms with Crippen molar-refractivity contribution >= 4 is 50.6 Å². The molecule has 2 aromatic heterocycles. The minimum absolute atomic E-state index is 0.0463. The highest BCUT2D eigenvalue weighted by atomic mass is 35.5. The summed E-state index contributed by atoms with van der Waals surface area (Å²) in [5.74, 6) is -4.45. The molecule has 2 saturated carbocycles.